The van der Waals surface area contributed by atoms with Gasteiger partial charge in [-0.3, -0.25) is 9.59 Å². The Balaban J connectivity index is 1.61. The fourth-order valence-electron chi connectivity index (χ4n) is 4.36. The molecule has 1 amide bonds. The molecule has 0 spiro atoms. The van der Waals surface area contributed by atoms with Crippen LogP contribution in [0.25, 0.3) is 21.7 Å². The monoisotopic (exact) mass is 418 g/mol. The van der Waals surface area contributed by atoms with Crippen LogP contribution in [0.5, 0.6) is 5.75 Å². The van der Waals surface area contributed by atoms with E-state index in [4.69, 9.17) is 11.6 Å². The molecule has 150 valence electrons. The van der Waals surface area contributed by atoms with Gasteiger partial charge in [0.2, 0.25) is 0 Å². The topological polar surface area (TPSA) is 73.4 Å². The summed E-state index contributed by atoms with van der Waals surface area (Å²) in [5.74, 6) is 0.274. The molecular weight excluding hydrogens is 400 g/mol. The normalized spacial score (nSPS) is 15.7. The molecule has 0 fully saturated rings. The Bertz CT molecular complexity index is 1340. The summed E-state index contributed by atoms with van der Waals surface area (Å²) in [4.78, 5) is 29.9. The number of rotatable bonds is 3. The van der Waals surface area contributed by atoms with Gasteiger partial charge in [-0.2, -0.15) is 0 Å². The van der Waals surface area contributed by atoms with Gasteiger partial charge in [0.15, 0.2) is 5.78 Å². The van der Waals surface area contributed by atoms with E-state index in [0.29, 0.717) is 29.4 Å². The molecule has 2 heterocycles. The minimum absolute atomic E-state index is 0.0215. The molecule has 2 N–H and O–H groups in total. The summed E-state index contributed by atoms with van der Waals surface area (Å²) in [6.45, 7) is 1.96. The number of aromatic amines is 1. The van der Waals surface area contributed by atoms with Gasteiger partial charge < -0.3 is 15.0 Å². The van der Waals surface area contributed by atoms with Gasteiger partial charge >= 0.3 is 0 Å². The number of H-pyrrole nitrogens is 1. The van der Waals surface area contributed by atoms with Crippen LogP contribution in [-0.2, 0) is 0 Å². The van der Waals surface area contributed by atoms with E-state index in [0.717, 1.165) is 27.2 Å². The summed E-state index contributed by atoms with van der Waals surface area (Å²) in [5.41, 5.74) is 3.50. The molecule has 0 unspecified atom stereocenters. The Morgan fingerprint density at radius 1 is 1.13 bits per heavy atom. The van der Waals surface area contributed by atoms with Crippen molar-refractivity contribution in [2.24, 2.45) is 0 Å². The molecule has 1 aliphatic rings. The minimum atomic E-state index is -0.195. The number of amides is 1. The molecule has 6 heteroatoms. The third kappa shape index (κ3) is 2.77. The standard InChI is InChI=1S/C24H19ClN2O3/c1-13(28)14-6-7-19-15(8-14)9-20(26-19)24(30)27-12-16(11-25)23-18-5-3-2-4-17(18)22(29)10-21(23)27/h2-10,16,26,29H,11-12H2,1H3/t16-/m1/s1. The van der Waals surface area contributed by atoms with Crippen molar-refractivity contribution in [2.45, 2.75) is 12.8 Å². The summed E-state index contributed by atoms with van der Waals surface area (Å²) in [7, 11) is 0. The molecular formula is C24H19ClN2O3. The van der Waals surface area contributed by atoms with E-state index >= 15 is 0 Å². The zero-order valence-corrected chi connectivity index (χ0v) is 17.0. The molecule has 4 aromatic rings. The molecule has 0 bridgehead atoms. The molecule has 0 saturated heterocycles. The van der Waals surface area contributed by atoms with Crippen molar-refractivity contribution >= 4 is 50.7 Å². The first-order valence-electron chi connectivity index (χ1n) is 9.74. The lowest BCUT2D eigenvalue weighted by Gasteiger charge is -2.17. The lowest BCUT2D eigenvalue weighted by Crippen LogP contribution is -2.30. The fraction of sp³-hybridized carbons (Fsp3) is 0.167. The molecule has 0 radical (unpaired) electrons. The van der Waals surface area contributed by atoms with E-state index in [1.807, 2.05) is 30.3 Å². The maximum absolute atomic E-state index is 13.4. The number of fused-ring (bicyclic) bond motifs is 4. The number of carbonyl (C=O) groups excluding carboxylic acids is 2. The van der Waals surface area contributed by atoms with Crippen LogP contribution in [0.2, 0.25) is 0 Å². The Kier molecular flexibility index (Phi) is 4.29. The predicted molar refractivity (Wildman–Crippen MR) is 119 cm³/mol. The third-order valence-corrected chi connectivity index (χ3v) is 6.21. The van der Waals surface area contributed by atoms with Crippen LogP contribution in [0, 0.1) is 0 Å². The number of anilines is 1. The third-order valence-electron chi connectivity index (χ3n) is 5.83. The minimum Gasteiger partial charge on any atom is -0.507 e. The zero-order chi connectivity index (χ0) is 21.0. The largest absolute Gasteiger partial charge is 0.507 e. The van der Waals surface area contributed by atoms with Crippen molar-refractivity contribution in [2.75, 3.05) is 17.3 Å². The number of phenols is 1. The summed E-state index contributed by atoms with van der Waals surface area (Å²) < 4.78 is 0. The van der Waals surface area contributed by atoms with Crippen LogP contribution < -0.4 is 4.90 Å². The van der Waals surface area contributed by atoms with Crippen LogP contribution in [0.15, 0.2) is 54.6 Å². The van der Waals surface area contributed by atoms with Crippen LogP contribution in [0.3, 0.4) is 0 Å². The number of alkyl halides is 1. The molecule has 0 aliphatic carbocycles. The lowest BCUT2D eigenvalue weighted by molar-refractivity contribution is 0.0982. The first-order valence-corrected chi connectivity index (χ1v) is 10.3. The van der Waals surface area contributed by atoms with Crippen molar-refractivity contribution in [3.63, 3.8) is 0 Å². The van der Waals surface area contributed by atoms with Crippen LogP contribution in [0.1, 0.15) is 39.3 Å². The lowest BCUT2D eigenvalue weighted by atomic mass is 9.95. The quantitative estimate of drug-likeness (QED) is 0.354. The molecule has 5 rings (SSSR count). The van der Waals surface area contributed by atoms with E-state index in [2.05, 4.69) is 4.98 Å². The smallest absolute Gasteiger partial charge is 0.274 e. The number of aromatic nitrogens is 1. The van der Waals surface area contributed by atoms with Gasteiger partial charge in [0.1, 0.15) is 11.4 Å². The number of Topliss-reactive ketones (excluding diaryl/α,β-unsaturated/α-hetero) is 1. The summed E-state index contributed by atoms with van der Waals surface area (Å²) >= 11 is 6.26. The van der Waals surface area contributed by atoms with Crippen LogP contribution in [-0.4, -0.2) is 34.2 Å². The van der Waals surface area contributed by atoms with Crippen LogP contribution in [0.4, 0.5) is 5.69 Å². The molecule has 0 saturated carbocycles. The van der Waals surface area contributed by atoms with E-state index < -0.39 is 0 Å². The predicted octanol–water partition coefficient (Wildman–Crippen LogP) is 5.21. The second-order valence-electron chi connectivity index (χ2n) is 7.68. The van der Waals surface area contributed by atoms with Crippen molar-refractivity contribution in [1.82, 2.24) is 4.98 Å². The first kappa shape index (κ1) is 18.7. The number of nitrogens with zero attached hydrogens (tertiary/aromatic N) is 1. The maximum atomic E-state index is 13.4. The Morgan fingerprint density at radius 2 is 1.90 bits per heavy atom. The molecule has 30 heavy (non-hydrogen) atoms. The Morgan fingerprint density at radius 3 is 2.63 bits per heavy atom. The van der Waals surface area contributed by atoms with E-state index in [1.54, 1.807) is 29.2 Å². The molecule has 3 aromatic carbocycles. The van der Waals surface area contributed by atoms with E-state index in [9.17, 15) is 14.7 Å². The van der Waals surface area contributed by atoms with Gasteiger partial charge in [0, 0.05) is 46.3 Å². The summed E-state index contributed by atoms with van der Waals surface area (Å²) in [5, 5.41) is 13.0. The SMILES string of the molecule is CC(=O)c1ccc2[nH]c(C(=O)N3C[C@@H](CCl)c4c3cc(O)c3ccccc43)cc2c1. The van der Waals surface area contributed by atoms with Gasteiger partial charge in [0.25, 0.3) is 5.91 Å². The second kappa shape index (κ2) is 6.89. The van der Waals surface area contributed by atoms with Crippen LogP contribution >= 0.6 is 11.6 Å². The number of phenolic OH excluding ortho intramolecular Hbond substituents is 1. The number of ketones is 1. The van der Waals surface area contributed by atoms with Crippen molar-refractivity contribution < 1.29 is 14.7 Å². The van der Waals surface area contributed by atoms with Crippen molar-refractivity contribution in [1.29, 1.82) is 0 Å². The van der Waals surface area contributed by atoms with Gasteiger partial charge in [0.05, 0.1) is 5.69 Å². The highest BCUT2D eigenvalue weighted by molar-refractivity contribution is 6.19. The van der Waals surface area contributed by atoms with Gasteiger partial charge in [-0.25, -0.2) is 0 Å². The summed E-state index contributed by atoms with van der Waals surface area (Å²) in [6, 6.07) is 16.4. The second-order valence-corrected chi connectivity index (χ2v) is 7.99. The van der Waals surface area contributed by atoms with Crippen molar-refractivity contribution in [3.05, 3.63) is 71.4 Å². The average Bonchev–Trinajstić information content (AvgIpc) is 3.34. The molecule has 1 aliphatic heterocycles. The Hall–Kier alpha value is -3.31. The molecule has 1 atom stereocenters. The molecule has 1 aromatic heterocycles. The van der Waals surface area contributed by atoms with Crippen molar-refractivity contribution in [3.8, 4) is 5.75 Å². The van der Waals surface area contributed by atoms with Gasteiger partial charge in [-0.1, -0.05) is 24.3 Å². The number of halogens is 1. The number of benzene rings is 3. The number of aromatic hydroxyl groups is 1. The first-order chi connectivity index (χ1) is 14.5. The zero-order valence-electron chi connectivity index (χ0n) is 16.3. The highest BCUT2D eigenvalue weighted by atomic mass is 35.5. The van der Waals surface area contributed by atoms with Gasteiger partial charge in [-0.15, -0.1) is 11.6 Å². The summed E-state index contributed by atoms with van der Waals surface area (Å²) in [6.07, 6.45) is 0. The number of carbonyl (C=O) groups is 2. The Labute approximate surface area is 177 Å². The number of hydrogen-bond acceptors (Lipinski definition) is 3. The average molecular weight is 419 g/mol. The van der Waals surface area contributed by atoms with E-state index in [-0.39, 0.29) is 23.4 Å². The fourth-order valence-corrected chi connectivity index (χ4v) is 4.61. The maximum Gasteiger partial charge on any atom is 0.274 e. The highest BCUT2D eigenvalue weighted by Crippen LogP contribution is 2.45. The van der Waals surface area contributed by atoms with Gasteiger partial charge in [-0.05, 0) is 42.1 Å². The van der Waals surface area contributed by atoms with E-state index in [1.165, 1.54) is 6.92 Å². The number of nitrogens with one attached hydrogen (secondary N) is 1. The highest BCUT2D eigenvalue weighted by Gasteiger charge is 2.35. The number of hydrogen-bond donors (Lipinski definition) is 2. The molecule has 5 nitrogen and oxygen atoms in total.